The van der Waals surface area contributed by atoms with Crippen molar-refractivity contribution in [2.24, 2.45) is 5.92 Å². The molecule has 32 heavy (non-hydrogen) atoms. The number of rotatable bonds is 9. The van der Waals surface area contributed by atoms with Crippen molar-refractivity contribution in [2.75, 3.05) is 5.75 Å². The van der Waals surface area contributed by atoms with E-state index in [2.05, 4.69) is 31.4 Å². The first-order chi connectivity index (χ1) is 15.3. The third kappa shape index (κ3) is 5.86. The van der Waals surface area contributed by atoms with Crippen molar-refractivity contribution in [2.45, 2.75) is 45.4 Å². The molecule has 0 unspecified atom stereocenters. The van der Waals surface area contributed by atoms with Gasteiger partial charge in [0, 0.05) is 22.1 Å². The normalized spacial score (nSPS) is 12.1. The molecule has 0 aliphatic heterocycles. The molecule has 0 saturated heterocycles. The van der Waals surface area contributed by atoms with Crippen molar-refractivity contribution in [3.8, 4) is 0 Å². The van der Waals surface area contributed by atoms with Crippen LogP contribution in [0.1, 0.15) is 58.9 Å². The minimum absolute atomic E-state index is 0.0304. The predicted molar refractivity (Wildman–Crippen MR) is 131 cm³/mol. The van der Waals surface area contributed by atoms with Crippen LogP contribution in [0.15, 0.2) is 58.2 Å². The van der Waals surface area contributed by atoms with Gasteiger partial charge in [0.05, 0.1) is 11.8 Å². The number of benzene rings is 2. The number of carbonyl (C=O) groups is 2. The Morgan fingerprint density at radius 2 is 1.66 bits per heavy atom. The van der Waals surface area contributed by atoms with Gasteiger partial charge in [-0.05, 0) is 44.0 Å². The molecule has 8 heteroatoms. The van der Waals surface area contributed by atoms with E-state index in [0.717, 1.165) is 10.0 Å². The minimum atomic E-state index is -0.298. The molecule has 1 N–H and O–H groups in total. The zero-order valence-corrected chi connectivity index (χ0v) is 21.0. The molecule has 1 heterocycles. The Balaban J connectivity index is 1.75. The van der Waals surface area contributed by atoms with Crippen molar-refractivity contribution in [3.05, 3.63) is 75.5 Å². The summed E-state index contributed by atoms with van der Waals surface area (Å²) in [5.41, 5.74) is 2.37. The van der Waals surface area contributed by atoms with Gasteiger partial charge in [-0.1, -0.05) is 71.4 Å². The molecular weight excluding hydrogens is 488 g/mol. The van der Waals surface area contributed by atoms with E-state index in [0.29, 0.717) is 28.7 Å². The van der Waals surface area contributed by atoms with Crippen LogP contribution in [-0.4, -0.2) is 32.2 Å². The Kier molecular flexibility index (Phi) is 8.26. The second-order valence-corrected chi connectivity index (χ2v) is 9.72. The number of aromatic nitrogens is 3. The average molecular weight is 515 g/mol. The summed E-state index contributed by atoms with van der Waals surface area (Å²) in [6, 6.07) is 14.5. The number of nitrogens with zero attached hydrogens (tertiary/aromatic N) is 3. The van der Waals surface area contributed by atoms with Crippen molar-refractivity contribution in [1.29, 1.82) is 0 Å². The standard InChI is InChI=1S/C24H27BrN4O2S/c1-5-29-22(21(15(2)3)26-23(31)18-8-6-16(4)7-9-18)27-28-24(29)32-14-20(30)17-10-12-19(25)13-11-17/h6-13,15,21H,5,14H2,1-4H3,(H,26,31)/t21-/m1/s1. The van der Waals surface area contributed by atoms with Crippen LogP contribution in [0.25, 0.3) is 0 Å². The number of aryl methyl sites for hydroxylation is 1. The maximum Gasteiger partial charge on any atom is 0.251 e. The number of nitrogens with one attached hydrogen (secondary N) is 1. The van der Waals surface area contributed by atoms with Crippen LogP contribution in [0.5, 0.6) is 0 Å². The number of Topliss-reactive ketones (excluding diaryl/α,β-unsaturated/α-hetero) is 1. The molecule has 2 aromatic carbocycles. The molecule has 0 aliphatic carbocycles. The highest BCUT2D eigenvalue weighted by molar-refractivity contribution is 9.10. The Bertz CT molecular complexity index is 1080. The molecule has 3 aromatic rings. The zero-order chi connectivity index (χ0) is 23.3. The summed E-state index contributed by atoms with van der Waals surface area (Å²) in [7, 11) is 0. The largest absolute Gasteiger partial charge is 0.342 e. The summed E-state index contributed by atoms with van der Waals surface area (Å²) < 4.78 is 2.91. The molecule has 0 aliphatic rings. The predicted octanol–water partition coefficient (Wildman–Crippen LogP) is 5.47. The number of ketones is 1. The van der Waals surface area contributed by atoms with Crippen LogP contribution in [-0.2, 0) is 6.54 Å². The lowest BCUT2D eigenvalue weighted by Crippen LogP contribution is -2.33. The van der Waals surface area contributed by atoms with Crippen molar-refractivity contribution >= 4 is 39.4 Å². The number of halogens is 1. The van der Waals surface area contributed by atoms with Gasteiger partial charge >= 0.3 is 0 Å². The highest BCUT2D eigenvalue weighted by Gasteiger charge is 2.26. The van der Waals surface area contributed by atoms with Crippen molar-refractivity contribution in [3.63, 3.8) is 0 Å². The zero-order valence-electron chi connectivity index (χ0n) is 18.6. The monoisotopic (exact) mass is 514 g/mol. The van der Waals surface area contributed by atoms with Gasteiger partial charge < -0.3 is 9.88 Å². The van der Waals surface area contributed by atoms with Gasteiger partial charge in [-0.2, -0.15) is 0 Å². The van der Waals surface area contributed by atoms with Gasteiger partial charge in [-0.25, -0.2) is 0 Å². The first kappa shape index (κ1) is 24.2. The lowest BCUT2D eigenvalue weighted by atomic mass is 10.0. The number of carbonyl (C=O) groups excluding carboxylic acids is 2. The summed E-state index contributed by atoms with van der Waals surface area (Å²) in [5, 5.41) is 12.5. The van der Waals surface area contributed by atoms with Crippen molar-refractivity contribution < 1.29 is 9.59 Å². The van der Waals surface area contributed by atoms with Gasteiger partial charge in [0.1, 0.15) is 0 Å². The van der Waals surface area contributed by atoms with Crippen molar-refractivity contribution in [1.82, 2.24) is 20.1 Å². The van der Waals surface area contributed by atoms with E-state index in [-0.39, 0.29) is 29.4 Å². The molecule has 168 valence electrons. The molecule has 0 saturated carbocycles. The Hall–Kier alpha value is -2.45. The van der Waals surface area contributed by atoms with Gasteiger partial charge in [0.25, 0.3) is 5.91 Å². The average Bonchev–Trinajstić information content (AvgIpc) is 3.18. The molecule has 1 aromatic heterocycles. The van der Waals surface area contributed by atoms with E-state index in [1.807, 2.05) is 68.7 Å². The van der Waals surface area contributed by atoms with Crippen LogP contribution < -0.4 is 5.32 Å². The topological polar surface area (TPSA) is 76.9 Å². The molecule has 0 bridgehead atoms. The first-order valence-electron chi connectivity index (χ1n) is 10.5. The fourth-order valence-corrected chi connectivity index (χ4v) is 4.41. The SMILES string of the molecule is CCn1c(SCC(=O)c2ccc(Br)cc2)nnc1[C@H](NC(=O)c1ccc(C)cc1)C(C)C. The molecule has 0 fully saturated rings. The Morgan fingerprint density at radius 3 is 2.25 bits per heavy atom. The molecule has 1 atom stereocenters. The molecule has 0 spiro atoms. The van der Waals surface area contributed by atoms with Crippen LogP contribution in [0, 0.1) is 12.8 Å². The van der Waals surface area contributed by atoms with Crippen LogP contribution >= 0.6 is 27.7 Å². The number of amides is 1. The lowest BCUT2D eigenvalue weighted by Gasteiger charge is -2.22. The van der Waals surface area contributed by atoms with E-state index < -0.39 is 0 Å². The highest BCUT2D eigenvalue weighted by atomic mass is 79.9. The summed E-state index contributed by atoms with van der Waals surface area (Å²) in [6.07, 6.45) is 0. The Labute approximate surface area is 201 Å². The minimum Gasteiger partial charge on any atom is -0.342 e. The fourth-order valence-electron chi connectivity index (χ4n) is 3.24. The second kappa shape index (κ2) is 10.9. The molecular formula is C24H27BrN4O2S. The molecule has 6 nitrogen and oxygen atoms in total. The quantitative estimate of drug-likeness (QED) is 0.302. The third-order valence-corrected chi connectivity index (χ3v) is 6.60. The highest BCUT2D eigenvalue weighted by Crippen LogP contribution is 2.26. The second-order valence-electron chi connectivity index (χ2n) is 7.86. The maximum atomic E-state index is 12.8. The summed E-state index contributed by atoms with van der Waals surface area (Å²) >= 11 is 4.74. The number of hydrogen-bond donors (Lipinski definition) is 1. The Morgan fingerprint density at radius 1 is 1.03 bits per heavy atom. The van der Waals surface area contributed by atoms with Gasteiger partial charge in [0.15, 0.2) is 16.8 Å². The van der Waals surface area contributed by atoms with Gasteiger partial charge in [-0.15, -0.1) is 10.2 Å². The van der Waals surface area contributed by atoms with E-state index in [1.165, 1.54) is 11.8 Å². The van der Waals surface area contributed by atoms with Crippen LogP contribution in [0.3, 0.4) is 0 Å². The summed E-state index contributed by atoms with van der Waals surface area (Å²) in [5.74, 6) is 0.960. The van der Waals surface area contributed by atoms with Crippen LogP contribution in [0.2, 0.25) is 0 Å². The third-order valence-electron chi connectivity index (χ3n) is 5.11. The van der Waals surface area contributed by atoms with E-state index in [9.17, 15) is 9.59 Å². The maximum absolute atomic E-state index is 12.8. The number of hydrogen-bond acceptors (Lipinski definition) is 5. The van der Waals surface area contributed by atoms with Gasteiger partial charge in [0.2, 0.25) is 0 Å². The van der Waals surface area contributed by atoms with E-state index in [4.69, 9.17) is 0 Å². The van der Waals surface area contributed by atoms with E-state index in [1.54, 1.807) is 12.1 Å². The lowest BCUT2D eigenvalue weighted by molar-refractivity contribution is 0.0921. The molecule has 1 amide bonds. The van der Waals surface area contributed by atoms with Gasteiger partial charge in [-0.3, -0.25) is 9.59 Å². The fraction of sp³-hybridized carbons (Fsp3) is 0.333. The van der Waals surface area contributed by atoms with Crippen LogP contribution in [0.4, 0.5) is 0 Å². The summed E-state index contributed by atoms with van der Waals surface area (Å²) in [6.45, 7) is 8.72. The molecule has 3 rings (SSSR count). The molecule has 0 radical (unpaired) electrons. The number of thioether (sulfide) groups is 1. The first-order valence-corrected chi connectivity index (χ1v) is 12.3. The van der Waals surface area contributed by atoms with E-state index >= 15 is 0 Å². The summed E-state index contributed by atoms with van der Waals surface area (Å²) in [4.78, 5) is 25.4. The smallest absolute Gasteiger partial charge is 0.251 e.